The molecule has 2 atom stereocenters. The first-order chi connectivity index (χ1) is 12.6. The number of carbonyl (C=O) groups excluding carboxylic acids is 1. The maximum absolute atomic E-state index is 13.1. The molecular formula is C21H17NO4. The maximum atomic E-state index is 13.1. The molecule has 5 heteroatoms. The van der Waals surface area contributed by atoms with Crippen LogP contribution in [-0.4, -0.2) is 36.2 Å². The van der Waals surface area contributed by atoms with Crippen LogP contribution in [0.4, 0.5) is 0 Å². The summed E-state index contributed by atoms with van der Waals surface area (Å²) in [6.07, 6.45) is 3.16. The predicted molar refractivity (Wildman–Crippen MR) is 96.9 cm³/mol. The molecule has 2 aromatic carbocycles. The van der Waals surface area contributed by atoms with Crippen LogP contribution in [0.2, 0.25) is 0 Å². The van der Waals surface area contributed by atoms with E-state index in [9.17, 15) is 9.90 Å². The van der Waals surface area contributed by atoms with Crippen molar-refractivity contribution in [2.45, 2.75) is 12.1 Å². The van der Waals surface area contributed by atoms with Gasteiger partial charge in [-0.1, -0.05) is 12.1 Å². The van der Waals surface area contributed by atoms with Crippen molar-refractivity contribution in [1.29, 1.82) is 0 Å². The summed E-state index contributed by atoms with van der Waals surface area (Å²) in [5.74, 6) is 1.22. The number of fused-ring (bicyclic) bond motifs is 7. The summed E-state index contributed by atoms with van der Waals surface area (Å²) < 4.78 is 10.5. The Morgan fingerprint density at radius 3 is 2.35 bits per heavy atom. The van der Waals surface area contributed by atoms with Gasteiger partial charge in [-0.3, -0.25) is 9.69 Å². The van der Waals surface area contributed by atoms with E-state index in [0.29, 0.717) is 17.1 Å². The SMILES string of the molecule is COc1ccc2c(c1)C(=O)N1C2=CC=C2c3ccc(OC)cc3[C@@H](O)[C@@H]21. The van der Waals surface area contributed by atoms with Crippen molar-refractivity contribution in [2.75, 3.05) is 14.2 Å². The molecule has 0 spiro atoms. The lowest BCUT2D eigenvalue weighted by Gasteiger charge is -2.32. The summed E-state index contributed by atoms with van der Waals surface area (Å²) in [6, 6.07) is 10.7. The van der Waals surface area contributed by atoms with Crippen LogP contribution in [0.3, 0.4) is 0 Å². The van der Waals surface area contributed by atoms with Crippen LogP contribution in [-0.2, 0) is 0 Å². The Morgan fingerprint density at radius 2 is 1.62 bits per heavy atom. The lowest BCUT2D eigenvalue weighted by atomic mass is 9.99. The van der Waals surface area contributed by atoms with Gasteiger partial charge in [-0.2, -0.15) is 0 Å². The zero-order valence-corrected chi connectivity index (χ0v) is 14.4. The zero-order valence-electron chi connectivity index (χ0n) is 14.4. The molecule has 2 aliphatic heterocycles. The smallest absolute Gasteiger partial charge is 0.259 e. The number of methoxy groups -OCH3 is 2. The molecule has 1 aliphatic carbocycles. The highest BCUT2D eigenvalue weighted by molar-refractivity contribution is 6.12. The van der Waals surface area contributed by atoms with E-state index in [2.05, 4.69) is 0 Å². The molecule has 0 bridgehead atoms. The summed E-state index contributed by atoms with van der Waals surface area (Å²) in [6.45, 7) is 0. The summed E-state index contributed by atoms with van der Waals surface area (Å²) in [4.78, 5) is 14.8. The summed E-state index contributed by atoms with van der Waals surface area (Å²) in [5, 5.41) is 11.0. The second kappa shape index (κ2) is 5.22. The molecule has 130 valence electrons. The Balaban J connectivity index is 1.65. The second-order valence-corrected chi connectivity index (χ2v) is 6.60. The summed E-state index contributed by atoms with van der Waals surface area (Å²) in [5.41, 5.74) is 4.99. The van der Waals surface area contributed by atoms with E-state index in [-0.39, 0.29) is 5.91 Å². The van der Waals surface area contributed by atoms with Gasteiger partial charge >= 0.3 is 0 Å². The van der Waals surface area contributed by atoms with E-state index in [4.69, 9.17) is 9.47 Å². The minimum Gasteiger partial charge on any atom is -0.497 e. The molecule has 26 heavy (non-hydrogen) atoms. The van der Waals surface area contributed by atoms with Gasteiger partial charge in [-0.05, 0) is 53.1 Å². The maximum Gasteiger partial charge on any atom is 0.259 e. The normalized spacial score (nSPS) is 22.1. The van der Waals surface area contributed by atoms with Crippen molar-refractivity contribution in [3.63, 3.8) is 0 Å². The number of aliphatic hydroxyl groups excluding tert-OH is 1. The molecule has 2 heterocycles. The minimum atomic E-state index is -0.796. The molecule has 5 rings (SSSR count). The van der Waals surface area contributed by atoms with Crippen LogP contribution < -0.4 is 9.47 Å². The first-order valence-electron chi connectivity index (χ1n) is 8.44. The number of hydrogen-bond acceptors (Lipinski definition) is 4. The fourth-order valence-electron chi connectivity index (χ4n) is 4.18. The van der Waals surface area contributed by atoms with E-state index in [0.717, 1.165) is 28.0 Å². The third kappa shape index (κ3) is 1.81. The van der Waals surface area contributed by atoms with Gasteiger partial charge in [0.2, 0.25) is 0 Å². The standard InChI is InChI=1S/C21H17NO4/c1-25-11-3-5-13-15-7-8-18-14-6-4-12(26-2)10-17(14)21(24)22(18)19(15)20(23)16(13)9-11/h3-10,19-20,23H,1-2H3/t19-,20-/m1/s1. The summed E-state index contributed by atoms with van der Waals surface area (Å²) >= 11 is 0. The van der Waals surface area contributed by atoms with E-state index < -0.39 is 12.1 Å². The van der Waals surface area contributed by atoms with Gasteiger partial charge in [0, 0.05) is 5.56 Å². The zero-order chi connectivity index (χ0) is 18.0. The van der Waals surface area contributed by atoms with Crippen molar-refractivity contribution < 1.29 is 19.4 Å². The largest absolute Gasteiger partial charge is 0.497 e. The first-order valence-corrected chi connectivity index (χ1v) is 8.44. The van der Waals surface area contributed by atoms with Gasteiger partial charge in [0.15, 0.2) is 0 Å². The molecule has 5 nitrogen and oxygen atoms in total. The molecule has 3 aliphatic rings. The second-order valence-electron chi connectivity index (χ2n) is 6.60. The molecule has 0 unspecified atom stereocenters. The number of benzene rings is 2. The van der Waals surface area contributed by atoms with Gasteiger partial charge in [0.05, 0.1) is 31.5 Å². The predicted octanol–water partition coefficient (Wildman–Crippen LogP) is 3.01. The quantitative estimate of drug-likeness (QED) is 0.907. The highest BCUT2D eigenvalue weighted by atomic mass is 16.5. The van der Waals surface area contributed by atoms with Crippen molar-refractivity contribution in [3.05, 3.63) is 70.8 Å². The van der Waals surface area contributed by atoms with Crippen LogP contribution in [0.15, 0.2) is 48.6 Å². The molecule has 2 aromatic rings. The first kappa shape index (κ1) is 15.2. The molecule has 0 saturated heterocycles. The monoisotopic (exact) mass is 347 g/mol. The van der Waals surface area contributed by atoms with Crippen LogP contribution >= 0.6 is 0 Å². The molecule has 1 amide bonds. The Morgan fingerprint density at radius 1 is 0.923 bits per heavy atom. The van der Waals surface area contributed by atoms with Crippen LogP contribution in [0.25, 0.3) is 11.3 Å². The lowest BCUT2D eigenvalue weighted by Crippen LogP contribution is -2.38. The van der Waals surface area contributed by atoms with Gasteiger partial charge in [0.25, 0.3) is 5.91 Å². The van der Waals surface area contributed by atoms with E-state index >= 15 is 0 Å². The van der Waals surface area contributed by atoms with Crippen LogP contribution in [0.1, 0.15) is 33.2 Å². The van der Waals surface area contributed by atoms with E-state index in [1.54, 1.807) is 25.2 Å². The Labute approximate surface area is 150 Å². The van der Waals surface area contributed by atoms with Crippen LogP contribution in [0, 0.1) is 0 Å². The average Bonchev–Trinajstić information content (AvgIpc) is 3.13. The Kier molecular flexibility index (Phi) is 3.06. The molecule has 0 saturated carbocycles. The molecular weight excluding hydrogens is 330 g/mol. The molecule has 1 N–H and O–H groups in total. The number of ether oxygens (including phenoxy) is 2. The van der Waals surface area contributed by atoms with E-state index in [1.807, 2.05) is 42.5 Å². The van der Waals surface area contributed by atoms with Crippen molar-refractivity contribution in [1.82, 2.24) is 4.90 Å². The van der Waals surface area contributed by atoms with Gasteiger partial charge < -0.3 is 14.6 Å². The third-order valence-electron chi connectivity index (χ3n) is 5.42. The highest BCUT2D eigenvalue weighted by Gasteiger charge is 2.47. The Hall–Kier alpha value is -3.05. The van der Waals surface area contributed by atoms with Gasteiger partial charge in [-0.25, -0.2) is 0 Å². The Bertz CT molecular complexity index is 1020. The van der Waals surface area contributed by atoms with Crippen molar-refractivity contribution >= 4 is 17.2 Å². The molecule has 0 radical (unpaired) electrons. The van der Waals surface area contributed by atoms with Crippen molar-refractivity contribution in [3.8, 4) is 11.5 Å². The van der Waals surface area contributed by atoms with E-state index in [1.165, 1.54) is 0 Å². The minimum absolute atomic E-state index is 0.112. The number of carbonyl (C=O) groups is 1. The van der Waals surface area contributed by atoms with Gasteiger partial charge in [-0.15, -0.1) is 0 Å². The fourth-order valence-corrected chi connectivity index (χ4v) is 4.18. The summed E-state index contributed by atoms with van der Waals surface area (Å²) in [7, 11) is 3.18. The highest BCUT2D eigenvalue weighted by Crippen LogP contribution is 2.51. The number of rotatable bonds is 2. The molecule has 0 aromatic heterocycles. The number of aliphatic hydroxyl groups is 1. The molecule has 0 fully saturated rings. The van der Waals surface area contributed by atoms with Crippen molar-refractivity contribution in [2.24, 2.45) is 0 Å². The number of amides is 1. The number of allylic oxidation sites excluding steroid dienone is 2. The number of hydrogen-bond donors (Lipinski definition) is 1. The average molecular weight is 347 g/mol. The van der Waals surface area contributed by atoms with Gasteiger partial charge in [0.1, 0.15) is 17.6 Å². The van der Waals surface area contributed by atoms with Crippen LogP contribution in [0.5, 0.6) is 11.5 Å². The lowest BCUT2D eigenvalue weighted by molar-refractivity contribution is 0.0688. The number of nitrogens with zero attached hydrogens (tertiary/aromatic N) is 1. The fraction of sp³-hybridized carbons (Fsp3) is 0.190. The topological polar surface area (TPSA) is 59.0 Å². The third-order valence-corrected chi connectivity index (χ3v) is 5.42.